The summed E-state index contributed by atoms with van der Waals surface area (Å²) in [5.74, 6) is -1.02. The number of hydrogen-bond acceptors (Lipinski definition) is 6. The first-order valence-electron chi connectivity index (χ1n) is 9.17. The Morgan fingerprint density at radius 1 is 1.20 bits per heavy atom. The molecule has 8 heteroatoms. The number of methoxy groups -OCH3 is 1. The van der Waals surface area contributed by atoms with Gasteiger partial charge in [0.25, 0.3) is 11.1 Å². The van der Waals surface area contributed by atoms with Gasteiger partial charge in [-0.2, -0.15) is 0 Å². The molecule has 0 radical (unpaired) electrons. The molecule has 3 rings (SSSR count). The number of thioether (sulfide) groups is 1. The number of para-hydroxylation sites is 1. The highest BCUT2D eigenvalue weighted by Gasteiger charge is 2.35. The second kappa shape index (κ2) is 9.04. The molecule has 0 spiro atoms. The molecule has 7 nitrogen and oxygen atoms in total. The van der Waals surface area contributed by atoms with Crippen molar-refractivity contribution < 1.29 is 29.0 Å². The number of nitrogens with zero attached hydrogens (tertiary/aromatic N) is 1. The van der Waals surface area contributed by atoms with Crippen LogP contribution >= 0.6 is 11.8 Å². The van der Waals surface area contributed by atoms with Crippen LogP contribution in [-0.4, -0.2) is 40.3 Å². The zero-order valence-electron chi connectivity index (χ0n) is 16.7. The number of carbonyl (C=O) groups excluding carboxylic acids is 2. The highest BCUT2D eigenvalue weighted by atomic mass is 32.2. The predicted molar refractivity (Wildman–Crippen MR) is 113 cm³/mol. The molecule has 1 saturated heterocycles. The summed E-state index contributed by atoms with van der Waals surface area (Å²) in [7, 11) is 1.44. The highest BCUT2D eigenvalue weighted by molar-refractivity contribution is 8.18. The van der Waals surface area contributed by atoms with E-state index < -0.39 is 18.0 Å². The van der Waals surface area contributed by atoms with Crippen LogP contribution in [0.4, 0.5) is 4.79 Å². The maximum atomic E-state index is 12.8. The summed E-state index contributed by atoms with van der Waals surface area (Å²) in [4.78, 5) is 37.9. The Hall–Kier alpha value is -3.26. The zero-order chi connectivity index (χ0) is 21.8. The molecular formula is C22H21NO6S. The van der Waals surface area contributed by atoms with E-state index in [0.29, 0.717) is 11.3 Å². The highest BCUT2D eigenvalue weighted by Crippen LogP contribution is 2.38. The van der Waals surface area contributed by atoms with E-state index in [9.17, 15) is 14.4 Å². The minimum Gasteiger partial charge on any atom is -0.493 e. The van der Waals surface area contributed by atoms with Crippen molar-refractivity contribution >= 4 is 35.0 Å². The van der Waals surface area contributed by atoms with Crippen molar-refractivity contribution in [2.75, 3.05) is 7.11 Å². The van der Waals surface area contributed by atoms with Crippen molar-refractivity contribution in [1.82, 2.24) is 4.90 Å². The number of amides is 2. The van der Waals surface area contributed by atoms with Gasteiger partial charge in [-0.05, 0) is 43.3 Å². The quantitative estimate of drug-likeness (QED) is 0.665. The van der Waals surface area contributed by atoms with Gasteiger partial charge in [0, 0.05) is 5.56 Å². The van der Waals surface area contributed by atoms with E-state index in [0.717, 1.165) is 22.9 Å². The number of ether oxygens (including phenoxy) is 2. The maximum absolute atomic E-state index is 12.8. The second-order valence-corrected chi connectivity index (χ2v) is 7.72. The summed E-state index contributed by atoms with van der Waals surface area (Å²) < 4.78 is 10.8. The number of carboxylic acids is 1. The van der Waals surface area contributed by atoms with Crippen molar-refractivity contribution in [3.63, 3.8) is 0 Å². The Morgan fingerprint density at radius 2 is 1.90 bits per heavy atom. The topological polar surface area (TPSA) is 93.1 Å². The standard InChI is InChI=1S/C22H21NO6S/c1-13-7-9-15(10-8-13)12-23-20(24)18(30-22(23)27)11-16-5-4-6-17(28-3)19(16)29-14(2)21(25)26/h4-11,14H,12H2,1-3H3,(H,25,26)/b18-11-/t14-/m0/s1. The SMILES string of the molecule is COc1cccc(/C=C2\SC(=O)N(Cc3ccc(C)cc3)C2=O)c1O[C@@H](C)C(=O)O. The van der Waals surface area contributed by atoms with Crippen LogP contribution in [0, 0.1) is 6.92 Å². The van der Waals surface area contributed by atoms with Crippen LogP contribution in [-0.2, 0) is 16.1 Å². The molecule has 1 aliphatic heterocycles. The van der Waals surface area contributed by atoms with E-state index in [1.165, 1.54) is 25.0 Å². The van der Waals surface area contributed by atoms with E-state index in [-0.39, 0.29) is 22.4 Å². The Kier molecular flexibility index (Phi) is 6.47. The molecule has 2 amide bonds. The monoisotopic (exact) mass is 427 g/mol. The van der Waals surface area contributed by atoms with Crippen LogP contribution < -0.4 is 9.47 Å². The fourth-order valence-corrected chi connectivity index (χ4v) is 3.64. The Labute approximate surface area is 178 Å². The summed E-state index contributed by atoms with van der Waals surface area (Å²) in [6.45, 7) is 3.54. The minimum atomic E-state index is -1.13. The first kappa shape index (κ1) is 21.4. The predicted octanol–water partition coefficient (Wildman–Crippen LogP) is 4.09. The molecule has 0 bridgehead atoms. The summed E-state index contributed by atoms with van der Waals surface area (Å²) in [6.07, 6.45) is 0.400. The van der Waals surface area contributed by atoms with Crippen molar-refractivity contribution in [3.05, 3.63) is 64.1 Å². The van der Waals surface area contributed by atoms with E-state index >= 15 is 0 Å². The molecule has 0 saturated carbocycles. The van der Waals surface area contributed by atoms with Crippen molar-refractivity contribution in [3.8, 4) is 11.5 Å². The number of imide groups is 1. The average Bonchev–Trinajstić information content (AvgIpc) is 2.98. The lowest BCUT2D eigenvalue weighted by atomic mass is 10.1. The van der Waals surface area contributed by atoms with Gasteiger partial charge in [0.2, 0.25) is 0 Å². The lowest BCUT2D eigenvalue weighted by Crippen LogP contribution is -2.27. The third-order valence-corrected chi connectivity index (χ3v) is 5.40. The molecule has 1 N–H and O–H groups in total. The van der Waals surface area contributed by atoms with Crippen LogP contribution in [0.3, 0.4) is 0 Å². The van der Waals surface area contributed by atoms with E-state index in [1.54, 1.807) is 18.2 Å². The third-order valence-electron chi connectivity index (χ3n) is 4.49. The lowest BCUT2D eigenvalue weighted by molar-refractivity contribution is -0.144. The Balaban J connectivity index is 1.89. The number of hydrogen-bond donors (Lipinski definition) is 1. The number of aliphatic carboxylic acids is 1. The first-order valence-corrected chi connectivity index (χ1v) is 9.99. The second-order valence-electron chi connectivity index (χ2n) is 6.73. The van der Waals surface area contributed by atoms with Crippen LogP contribution in [0.2, 0.25) is 0 Å². The van der Waals surface area contributed by atoms with Crippen LogP contribution in [0.25, 0.3) is 6.08 Å². The van der Waals surface area contributed by atoms with Gasteiger partial charge in [-0.15, -0.1) is 0 Å². The van der Waals surface area contributed by atoms with Crippen molar-refractivity contribution in [1.29, 1.82) is 0 Å². The fourth-order valence-electron chi connectivity index (χ4n) is 2.81. The zero-order valence-corrected chi connectivity index (χ0v) is 17.6. The molecule has 1 fully saturated rings. The summed E-state index contributed by atoms with van der Waals surface area (Å²) in [5.41, 5.74) is 2.39. The average molecular weight is 427 g/mol. The molecule has 1 heterocycles. The van der Waals surface area contributed by atoms with Gasteiger partial charge < -0.3 is 14.6 Å². The molecular weight excluding hydrogens is 406 g/mol. The van der Waals surface area contributed by atoms with Crippen molar-refractivity contribution in [2.24, 2.45) is 0 Å². The number of rotatable bonds is 7. The molecule has 30 heavy (non-hydrogen) atoms. The lowest BCUT2D eigenvalue weighted by Gasteiger charge is -2.16. The molecule has 0 unspecified atom stereocenters. The molecule has 2 aromatic carbocycles. The maximum Gasteiger partial charge on any atom is 0.344 e. The van der Waals surface area contributed by atoms with Crippen LogP contribution in [0.1, 0.15) is 23.6 Å². The van der Waals surface area contributed by atoms with Gasteiger partial charge in [0.05, 0.1) is 18.6 Å². The van der Waals surface area contributed by atoms with Gasteiger partial charge in [-0.25, -0.2) is 4.79 Å². The van der Waals surface area contributed by atoms with E-state index in [4.69, 9.17) is 14.6 Å². The molecule has 0 aromatic heterocycles. The Bertz CT molecular complexity index is 1010. The fraction of sp³-hybridized carbons (Fsp3) is 0.227. The van der Waals surface area contributed by atoms with E-state index in [2.05, 4.69) is 0 Å². The normalized spacial score (nSPS) is 16.1. The van der Waals surface area contributed by atoms with Crippen molar-refractivity contribution in [2.45, 2.75) is 26.5 Å². The molecule has 0 aliphatic carbocycles. The number of aryl methyl sites for hydroxylation is 1. The number of benzene rings is 2. The van der Waals surface area contributed by atoms with Gasteiger partial charge >= 0.3 is 5.97 Å². The van der Waals surface area contributed by atoms with Gasteiger partial charge in [0.1, 0.15) is 0 Å². The summed E-state index contributed by atoms with van der Waals surface area (Å²) in [5, 5.41) is 8.80. The van der Waals surface area contributed by atoms with E-state index in [1.807, 2.05) is 31.2 Å². The van der Waals surface area contributed by atoms with Crippen LogP contribution in [0.15, 0.2) is 47.4 Å². The Morgan fingerprint density at radius 3 is 2.53 bits per heavy atom. The van der Waals surface area contributed by atoms with Gasteiger partial charge in [0.15, 0.2) is 17.6 Å². The molecule has 2 aromatic rings. The van der Waals surface area contributed by atoms with Gasteiger partial charge in [-0.1, -0.05) is 42.0 Å². The molecule has 1 aliphatic rings. The van der Waals surface area contributed by atoms with Gasteiger partial charge in [-0.3, -0.25) is 14.5 Å². The minimum absolute atomic E-state index is 0.180. The smallest absolute Gasteiger partial charge is 0.344 e. The third kappa shape index (κ3) is 4.65. The number of carbonyl (C=O) groups is 3. The largest absolute Gasteiger partial charge is 0.493 e. The molecule has 156 valence electrons. The van der Waals surface area contributed by atoms with Crippen LogP contribution in [0.5, 0.6) is 11.5 Å². The molecule has 1 atom stereocenters. The summed E-state index contributed by atoms with van der Waals surface area (Å²) >= 11 is 0.832. The summed E-state index contributed by atoms with van der Waals surface area (Å²) in [6, 6.07) is 12.6. The number of carboxylic acid groups (broad SMARTS) is 1. The first-order chi connectivity index (χ1) is 14.3.